The van der Waals surface area contributed by atoms with Crippen LogP contribution in [0.3, 0.4) is 0 Å². The van der Waals surface area contributed by atoms with E-state index in [9.17, 15) is 13.2 Å². The molecule has 1 aliphatic carbocycles. The lowest BCUT2D eigenvalue weighted by Crippen LogP contribution is -2.18. The predicted octanol–water partition coefficient (Wildman–Crippen LogP) is 3.21. The van der Waals surface area contributed by atoms with E-state index < -0.39 is 15.7 Å². The molecule has 1 fully saturated rings. The molecule has 1 aliphatic rings. The first kappa shape index (κ1) is 17.5. The smallest absolute Gasteiger partial charge is 0.250 e. The number of carbonyl (C=O) groups excluding carboxylic acids is 1. The molecule has 2 N–H and O–H groups in total. The zero-order valence-corrected chi connectivity index (χ0v) is 14.2. The van der Waals surface area contributed by atoms with E-state index in [0.717, 1.165) is 24.8 Å². The molecule has 0 bridgehead atoms. The van der Waals surface area contributed by atoms with E-state index >= 15 is 0 Å². The van der Waals surface area contributed by atoms with Gasteiger partial charge in [-0.05, 0) is 48.8 Å². The maximum absolute atomic E-state index is 12.4. The van der Waals surface area contributed by atoms with Gasteiger partial charge < -0.3 is 5.73 Å². The zero-order chi connectivity index (χ0) is 17.2. The maximum Gasteiger partial charge on any atom is 0.250 e. The highest BCUT2D eigenvalue weighted by atomic mass is 32.2. The van der Waals surface area contributed by atoms with Gasteiger partial charge in [0.15, 0.2) is 9.84 Å². The van der Waals surface area contributed by atoms with Gasteiger partial charge in [0.1, 0.15) is 0 Å². The van der Waals surface area contributed by atoms with Crippen molar-refractivity contribution in [3.8, 4) is 0 Å². The van der Waals surface area contributed by atoms with Gasteiger partial charge in [0, 0.05) is 0 Å². The summed E-state index contributed by atoms with van der Waals surface area (Å²) in [5.74, 6) is -0.357. The van der Waals surface area contributed by atoms with Gasteiger partial charge in [0.05, 0.1) is 16.2 Å². The Morgan fingerprint density at radius 1 is 1.43 bits per heavy atom. The van der Waals surface area contributed by atoms with E-state index in [1.165, 1.54) is 17.7 Å². The van der Waals surface area contributed by atoms with E-state index in [1.54, 1.807) is 6.07 Å². The number of carbonyl (C=O) groups is 1. The molecule has 0 spiro atoms. The number of allylic oxidation sites excluding steroid dienone is 1. The molecule has 0 radical (unpaired) electrons. The first-order valence-corrected chi connectivity index (χ1v) is 9.42. The Hall–Kier alpha value is -1.88. The van der Waals surface area contributed by atoms with Crippen molar-refractivity contribution in [3.63, 3.8) is 0 Å². The van der Waals surface area contributed by atoms with Crippen molar-refractivity contribution in [1.82, 2.24) is 0 Å². The molecule has 4 nitrogen and oxygen atoms in total. The van der Waals surface area contributed by atoms with Gasteiger partial charge in [-0.15, -0.1) is 6.58 Å². The fraction of sp³-hybridized carbons (Fsp3) is 0.389. The second kappa shape index (κ2) is 6.71. The van der Waals surface area contributed by atoms with Crippen LogP contribution in [0.5, 0.6) is 0 Å². The topological polar surface area (TPSA) is 77.2 Å². The normalized spacial score (nSPS) is 21.3. The minimum absolute atomic E-state index is 0.00904. The monoisotopic (exact) mass is 333 g/mol. The van der Waals surface area contributed by atoms with Crippen LogP contribution in [0.15, 0.2) is 47.9 Å². The summed E-state index contributed by atoms with van der Waals surface area (Å²) >= 11 is 0. The van der Waals surface area contributed by atoms with Gasteiger partial charge in [-0.25, -0.2) is 8.42 Å². The highest BCUT2D eigenvalue weighted by Crippen LogP contribution is 2.44. The number of hydrogen-bond acceptors (Lipinski definition) is 3. The minimum atomic E-state index is -3.62. The molecule has 0 heterocycles. The molecule has 1 aromatic rings. The zero-order valence-electron chi connectivity index (χ0n) is 13.4. The fourth-order valence-corrected chi connectivity index (χ4v) is 4.77. The van der Waals surface area contributed by atoms with Gasteiger partial charge in [-0.3, -0.25) is 4.79 Å². The molecule has 0 aromatic heterocycles. The van der Waals surface area contributed by atoms with Crippen molar-refractivity contribution in [2.45, 2.75) is 37.0 Å². The van der Waals surface area contributed by atoms with E-state index in [2.05, 4.69) is 20.1 Å². The quantitative estimate of drug-likeness (QED) is 0.812. The van der Waals surface area contributed by atoms with Crippen LogP contribution in [0.25, 0.3) is 0 Å². The first-order chi connectivity index (χ1) is 10.8. The van der Waals surface area contributed by atoms with Crippen LogP contribution in [0.2, 0.25) is 0 Å². The van der Waals surface area contributed by atoms with E-state index in [0.29, 0.717) is 5.92 Å². The van der Waals surface area contributed by atoms with E-state index in [4.69, 9.17) is 5.73 Å². The van der Waals surface area contributed by atoms with Gasteiger partial charge in [-0.1, -0.05) is 31.2 Å². The number of primary amides is 1. The van der Waals surface area contributed by atoms with Crippen LogP contribution in [0.1, 0.15) is 48.0 Å². The van der Waals surface area contributed by atoms with Gasteiger partial charge >= 0.3 is 0 Å². The van der Waals surface area contributed by atoms with Crippen LogP contribution < -0.4 is 5.73 Å². The highest BCUT2D eigenvalue weighted by Gasteiger charge is 2.31. The molecule has 23 heavy (non-hydrogen) atoms. The SMILES string of the molecule is C=CCS(=O)(=O)c1cc(C2CCC(=C)C2CC)ccc1C(N)=O. The number of nitrogens with two attached hydrogens (primary N) is 1. The molecule has 2 atom stereocenters. The summed E-state index contributed by atoms with van der Waals surface area (Å²) in [4.78, 5) is 11.6. The van der Waals surface area contributed by atoms with Crippen LogP contribution >= 0.6 is 0 Å². The molecular formula is C18H23NO3S. The van der Waals surface area contributed by atoms with E-state index in [-0.39, 0.29) is 22.1 Å². The lowest BCUT2D eigenvalue weighted by atomic mass is 9.85. The van der Waals surface area contributed by atoms with Gasteiger partial charge in [-0.2, -0.15) is 0 Å². The van der Waals surface area contributed by atoms with Crippen LogP contribution in [-0.2, 0) is 9.84 Å². The molecule has 2 rings (SSSR count). The van der Waals surface area contributed by atoms with Crippen molar-refractivity contribution in [2.75, 3.05) is 5.75 Å². The number of benzene rings is 1. The molecule has 0 aliphatic heterocycles. The summed E-state index contributed by atoms with van der Waals surface area (Å²) in [5, 5.41) is 0. The molecule has 124 valence electrons. The molecule has 2 unspecified atom stereocenters. The first-order valence-electron chi connectivity index (χ1n) is 7.76. The Balaban J connectivity index is 2.55. The summed E-state index contributed by atoms with van der Waals surface area (Å²) < 4.78 is 24.9. The average molecular weight is 333 g/mol. The predicted molar refractivity (Wildman–Crippen MR) is 92.1 cm³/mol. The number of hydrogen-bond donors (Lipinski definition) is 1. The van der Waals surface area contributed by atoms with Gasteiger partial charge in [0.25, 0.3) is 0 Å². The molecule has 0 saturated heterocycles. The number of sulfone groups is 1. The second-order valence-electron chi connectivity index (χ2n) is 6.01. The third-order valence-corrected chi connectivity index (χ3v) is 6.28. The summed E-state index contributed by atoms with van der Waals surface area (Å²) in [6.45, 7) is 9.71. The Labute approximate surface area is 138 Å². The lowest BCUT2D eigenvalue weighted by molar-refractivity contribution is 0.0997. The largest absolute Gasteiger partial charge is 0.366 e. The summed E-state index contributed by atoms with van der Waals surface area (Å²) in [7, 11) is -3.62. The molecule has 1 amide bonds. The Kier molecular flexibility index (Phi) is 5.09. The van der Waals surface area contributed by atoms with Crippen molar-refractivity contribution >= 4 is 15.7 Å². The Morgan fingerprint density at radius 2 is 2.13 bits per heavy atom. The highest BCUT2D eigenvalue weighted by molar-refractivity contribution is 7.91. The minimum Gasteiger partial charge on any atom is -0.366 e. The summed E-state index contributed by atoms with van der Waals surface area (Å²) in [6.07, 6.45) is 4.19. The third kappa shape index (κ3) is 3.39. The van der Waals surface area contributed by atoms with Crippen LogP contribution in [-0.4, -0.2) is 20.1 Å². The number of rotatable bonds is 6. The van der Waals surface area contributed by atoms with Crippen molar-refractivity contribution in [3.05, 3.63) is 54.1 Å². The molecular weight excluding hydrogens is 310 g/mol. The van der Waals surface area contributed by atoms with Crippen LogP contribution in [0, 0.1) is 5.92 Å². The van der Waals surface area contributed by atoms with Gasteiger partial charge in [0.2, 0.25) is 5.91 Å². The summed E-state index contributed by atoms with van der Waals surface area (Å²) in [6, 6.07) is 4.96. The standard InChI is InChI=1S/C18H23NO3S/c1-4-10-23(21,22)17-11-13(7-9-16(17)18(19)20)15-8-6-12(3)14(15)5-2/h4,7,9,11,14-15H,1,3,5-6,8,10H2,2H3,(H2,19,20). The average Bonchev–Trinajstić information content (AvgIpc) is 2.87. The third-order valence-electron chi connectivity index (χ3n) is 4.60. The van der Waals surface area contributed by atoms with Crippen molar-refractivity contribution in [1.29, 1.82) is 0 Å². The summed E-state index contributed by atoms with van der Waals surface area (Å²) in [5.41, 5.74) is 7.53. The van der Waals surface area contributed by atoms with Crippen molar-refractivity contribution in [2.24, 2.45) is 11.7 Å². The van der Waals surface area contributed by atoms with Crippen LogP contribution in [0.4, 0.5) is 0 Å². The Morgan fingerprint density at radius 3 is 2.70 bits per heavy atom. The molecule has 1 saturated carbocycles. The molecule has 5 heteroatoms. The van der Waals surface area contributed by atoms with E-state index in [1.807, 2.05) is 6.07 Å². The molecule has 1 aromatic carbocycles. The van der Waals surface area contributed by atoms with Crippen molar-refractivity contribution < 1.29 is 13.2 Å². The second-order valence-corrected chi connectivity index (χ2v) is 8.01. The Bertz CT molecular complexity index is 750. The fourth-order valence-electron chi connectivity index (χ4n) is 3.46. The number of amides is 1. The maximum atomic E-state index is 12.4. The lowest BCUT2D eigenvalue weighted by Gasteiger charge is -2.20.